The Kier molecular flexibility index (Phi) is 2.77. The number of amides is 1. The van der Waals surface area contributed by atoms with Gasteiger partial charge in [-0.3, -0.25) is 10.1 Å². The Bertz CT molecular complexity index is 281. The first-order valence-corrected chi connectivity index (χ1v) is 4.95. The molecule has 0 spiro atoms. The van der Waals surface area contributed by atoms with Gasteiger partial charge in [-0.1, -0.05) is 0 Å². The van der Waals surface area contributed by atoms with Gasteiger partial charge < -0.3 is 14.4 Å². The van der Waals surface area contributed by atoms with Gasteiger partial charge in [0.15, 0.2) is 0 Å². The predicted molar refractivity (Wildman–Crippen MR) is 49.9 cm³/mol. The number of nitrogens with one attached hydrogen (secondary N) is 1. The second kappa shape index (κ2) is 4.06. The first-order chi connectivity index (χ1) is 7.22. The fourth-order valence-corrected chi connectivity index (χ4v) is 1.98. The molecule has 0 aromatic heterocycles. The number of hydrogen-bond donors (Lipinski definition) is 1. The van der Waals surface area contributed by atoms with E-state index in [0.717, 1.165) is 0 Å². The number of rotatable bonds is 2. The SMILES string of the molecule is CNCOC(=O)N1CC2COC(=O)C2C1. The summed E-state index contributed by atoms with van der Waals surface area (Å²) in [5, 5.41) is 2.72. The first-order valence-electron chi connectivity index (χ1n) is 4.95. The third-order valence-electron chi connectivity index (χ3n) is 2.78. The van der Waals surface area contributed by atoms with Crippen molar-refractivity contribution in [2.75, 3.05) is 33.5 Å². The van der Waals surface area contributed by atoms with E-state index in [1.54, 1.807) is 11.9 Å². The van der Waals surface area contributed by atoms with Crippen molar-refractivity contribution < 1.29 is 19.1 Å². The number of esters is 1. The lowest BCUT2D eigenvalue weighted by Gasteiger charge is -2.16. The summed E-state index contributed by atoms with van der Waals surface area (Å²) in [4.78, 5) is 24.2. The molecule has 2 rings (SSSR count). The number of fused-ring (bicyclic) bond motifs is 1. The number of likely N-dealkylation sites (tertiary alicyclic amines) is 1. The van der Waals surface area contributed by atoms with Crippen molar-refractivity contribution in [2.24, 2.45) is 11.8 Å². The summed E-state index contributed by atoms with van der Waals surface area (Å²) >= 11 is 0. The van der Waals surface area contributed by atoms with E-state index in [2.05, 4.69) is 5.32 Å². The number of ether oxygens (including phenoxy) is 2. The quantitative estimate of drug-likeness (QED) is 0.491. The van der Waals surface area contributed by atoms with Gasteiger partial charge in [0.25, 0.3) is 0 Å². The lowest BCUT2D eigenvalue weighted by Crippen LogP contribution is -2.33. The highest BCUT2D eigenvalue weighted by molar-refractivity contribution is 5.77. The molecule has 84 valence electrons. The highest BCUT2D eigenvalue weighted by Crippen LogP contribution is 2.30. The highest BCUT2D eigenvalue weighted by Gasteiger charge is 2.45. The molecule has 0 radical (unpaired) electrons. The van der Waals surface area contributed by atoms with E-state index in [9.17, 15) is 9.59 Å². The molecular weight excluding hydrogens is 200 g/mol. The van der Waals surface area contributed by atoms with Crippen LogP contribution in [0, 0.1) is 11.8 Å². The Morgan fingerprint density at radius 1 is 1.67 bits per heavy atom. The number of hydrogen-bond acceptors (Lipinski definition) is 5. The summed E-state index contributed by atoms with van der Waals surface area (Å²) in [6.45, 7) is 1.60. The van der Waals surface area contributed by atoms with Gasteiger partial charge in [0.2, 0.25) is 0 Å². The molecule has 2 heterocycles. The van der Waals surface area contributed by atoms with Gasteiger partial charge >= 0.3 is 12.1 Å². The van der Waals surface area contributed by atoms with Crippen LogP contribution in [0.5, 0.6) is 0 Å². The molecule has 0 aliphatic carbocycles. The zero-order valence-electron chi connectivity index (χ0n) is 8.56. The van der Waals surface area contributed by atoms with Crippen molar-refractivity contribution in [3.63, 3.8) is 0 Å². The first kappa shape index (κ1) is 10.2. The van der Waals surface area contributed by atoms with Crippen molar-refractivity contribution in [3.8, 4) is 0 Å². The van der Waals surface area contributed by atoms with Crippen LogP contribution in [0.3, 0.4) is 0 Å². The fraction of sp³-hybridized carbons (Fsp3) is 0.778. The number of carbonyl (C=O) groups excluding carboxylic acids is 2. The van der Waals surface area contributed by atoms with Gasteiger partial charge in [-0.25, -0.2) is 4.79 Å². The summed E-state index contributed by atoms with van der Waals surface area (Å²) in [6, 6.07) is 0. The molecule has 6 nitrogen and oxygen atoms in total. The topological polar surface area (TPSA) is 67.9 Å². The van der Waals surface area contributed by atoms with Crippen LogP contribution in [-0.2, 0) is 14.3 Å². The molecule has 2 aliphatic rings. The van der Waals surface area contributed by atoms with Crippen molar-refractivity contribution in [3.05, 3.63) is 0 Å². The molecule has 2 atom stereocenters. The minimum absolute atomic E-state index is 0.146. The number of carbonyl (C=O) groups is 2. The second-order valence-electron chi connectivity index (χ2n) is 3.81. The van der Waals surface area contributed by atoms with Crippen LogP contribution in [0.4, 0.5) is 4.79 Å². The minimum atomic E-state index is -0.369. The third-order valence-corrected chi connectivity index (χ3v) is 2.78. The average Bonchev–Trinajstić information content (AvgIpc) is 2.78. The van der Waals surface area contributed by atoms with Gasteiger partial charge in [-0.2, -0.15) is 0 Å². The molecule has 0 saturated carbocycles. The normalized spacial score (nSPS) is 28.9. The van der Waals surface area contributed by atoms with Crippen molar-refractivity contribution in [1.29, 1.82) is 0 Å². The largest absolute Gasteiger partial charge is 0.465 e. The van der Waals surface area contributed by atoms with E-state index in [4.69, 9.17) is 9.47 Å². The predicted octanol–water partition coefficient (Wildman–Crippen LogP) is -0.595. The third kappa shape index (κ3) is 1.90. The standard InChI is InChI=1S/C9H14N2O4/c1-10-5-15-9(13)11-2-6-4-14-8(12)7(6)3-11/h6-7,10H,2-5H2,1H3. The summed E-state index contributed by atoms with van der Waals surface area (Å²) < 4.78 is 9.80. The lowest BCUT2D eigenvalue weighted by atomic mass is 10.0. The molecule has 15 heavy (non-hydrogen) atoms. The molecule has 0 bridgehead atoms. The van der Waals surface area contributed by atoms with E-state index >= 15 is 0 Å². The van der Waals surface area contributed by atoms with E-state index in [1.165, 1.54) is 0 Å². The maximum absolute atomic E-state index is 11.5. The summed E-state index contributed by atoms with van der Waals surface area (Å²) in [7, 11) is 1.70. The molecule has 1 N–H and O–H groups in total. The maximum atomic E-state index is 11.5. The van der Waals surface area contributed by atoms with Crippen LogP contribution < -0.4 is 5.32 Å². The molecule has 2 aliphatic heterocycles. The molecular formula is C9H14N2O4. The second-order valence-corrected chi connectivity index (χ2v) is 3.81. The van der Waals surface area contributed by atoms with Crippen molar-refractivity contribution in [2.45, 2.75) is 0 Å². The highest BCUT2D eigenvalue weighted by atomic mass is 16.6. The van der Waals surface area contributed by atoms with E-state index in [1.807, 2.05) is 0 Å². The van der Waals surface area contributed by atoms with Crippen LogP contribution in [0.1, 0.15) is 0 Å². The van der Waals surface area contributed by atoms with Gasteiger partial charge in [-0.05, 0) is 7.05 Å². The van der Waals surface area contributed by atoms with Gasteiger partial charge in [0, 0.05) is 19.0 Å². The molecule has 2 unspecified atom stereocenters. The lowest BCUT2D eigenvalue weighted by molar-refractivity contribution is -0.141. The van der Waals surface area contributed by atoms with Crippen molar-refractivity contribution >= 4 is 12.1 Å². The van der Waals surface area contributed by atoms with Gasteiger partial charge in [0.05, 0.1) is 12.5 Å². The summed E-state index contributed by atoms with van der Waals surface area (Å²) in [5.41, 5.74) is 0. The van der Waals surface area contributed by atoms with Gasteiger partial charge in [-0.15, -0.1) is 0 Å². The molecule has 0 aromatic rings. The molecule has 2 fully saturated rings. The van der Waals surface area contributed by atoms with E-state index in [-0.39, 0.29) is 30.6 Å². The summed E-state index contributed by atoms with van der Waals surface area (Å²) in [5.74, 6) is -0.185. The van der Waals surface area contributed by atoms with Crippen LogP contribution in [-0.4, -0.2) is 50.4 Å². The fourth-order valence-electron chi connectivity index (χ4n) is 1.98. The Morgan fingerprint density at radius 3 is 3.13 bits per heavy atom. The maximum Gasteiger partial charge on any atom is 0.411 e. The van der Waals surface area contributed by atoms with E-state index < -0.39 is 0 Å². The van der Waals surface area contributed by atoms with Crippen LogP contribution >= 0.6 is 0 Å². The monoisotopic (exact) mass is 214 g/mol. The van der Waals surface area contributed by atoms with Gasteiger partial charge in [0.1, 0.15) is 6.73 Å². The van der Waals surface area contributed by atoms with Crippen LogP contribution in [0.15, 0.2) is 0 Å². The van der Waals surface area contributed by atoms with Crippen molar-refractivity contribution in [1.82, 2.24) is 10.2 Å². The zero-order valence-corrected chi connectivity index (χ0v) is 8.56. The molecule has 2 saturated heterocycles. The smallest absolute Gasteiger partial charge is 0.411 e. The minimum Gasteiger partial charge on any atom is -0.465 e. The molecule has 6 heteroatoms. The van der Waals surface area contributed by atoms with Crippen LogP contribution in [0.25, 0.3) is 0 Å². The molecule has 1 amide bonds. The Hall–Kier alpha value is -1.30. The summed E-state index contributed by atoms with van der Waals surface area (Å²) in [6.07, 6.45) is -0.369. The Labute approximate surface area is 87.5 Å². The Morgan fingerprint density at radius 2 is 2.47 bits per heavy atom. The van der Waals surface area contributed by atoms with E-state index in [0.29, 0.717) is 19.7 Å². The molecule has 0 aromatic carbocycles. The van der Waals surface area contributed by atoms with Crippen LogP contribution in [0.2, 0.25) is 0 Å². The number of cyclic esters (lactones) is 1. The Balaban J connectivity index is 1.87. The zero-order chi connectivity index (χ0) is 10.8. The number of nitrogens with zero attached hydrogens (tertiary/aromatic N) is 1. The average molecular weight is 214 g/mol.